The highest BCUT2D eigenvalue weighted by atomic mass is 19.4. The van der Waals surface area contributed by atoms with E-state index in [1.807, 2.05) is 0 Å². The number of aliphatic hydroxyl groups is 1. The molecular formula is C29H33F3N2O4. The Morgan fingerprint density at radius 2 is 1.68 bits per heavy atom. The molecule has 1 saturated carbocycles. The molecule has 5 aliphatic rings. The molecular weight excluding hydrogens is 497 g/mol. The van der Waals surface area contributed by atoms with E-state index in [4.69, 9.17) is 19.2 Å². The number of pyridine rings is 2. The summed E-state index contributed by atoms with van der Waals surface area (Å²) in [4.78, 5) is 9.59. The fourth-order valence-corrected chi connectivity index (χ4v) is 7.56. The Morgan fingerprint density at radius 1 is 0.947 bits per heavy atom. The Balaban J connectivity index is 1.43. The van der Waals surface area contributed by atoms with Crippen molar-refractivity contribution in [3.05, 3.63) is 57.7 Å². The van der Waals surface area contributed by atoms with Crippen molar-refractivity contribution in [3.8, 4) is 0 Å². The third-order valence-corrected chi connectivity index (χ3v) is 9.65. The zero-order valence-corrected chi connectivity index (χ0v) is 21.4. The quantitative estimate of drug-likeness (QED) is 0.540. The lowest BCUT2D eigenvalue weighted by Gasteiger charge is -2.48. The maximum Gasteiger partial charge on any atom is 0.417 e. The number of ether oxygens (including phenoxy) is 3. The maximum atomic E-state index is 13.3. The topological polar surface area (TPSA) is 73.7 Å². The molecule has 2 unspecified atom stereocenters. The van der Waals surface area contributed by atoms with Gasteiger partial charge in [-0.3, -0.25) is 9.97 Å². The molecule has 0 bridgehead atoms. The summed E-state index contributed by atoms with van der Waals surface area (Å²) >= 11 is 0. The smallest absolute Gasteiger partial charge is 0.388 e. The van der Waals surface area contributed by atoms with E-state index in [-0.39, 0.29) is 11.3 Å². The summed E-state index contributed by atoms with van der Waals surface area (Å²) in [7, 11) is 0. The zero-order chi connectivity index (χ0) is 26.1. The van der Waals surface area contributed by atoms with Crippen molar-refractivity contribution in [1.29, 1.82) is 0 Å². The molecule has 7 rings (SSSR count). The van der Waals surface area contributed by atoms with E-state index in [9.17, 15) is 18.3 Å². The minimum absolute atomic E-state index is 0.122. The van der Waals surface area contributed by atoms with E-state index in [0.29, 0.717) is 45.0 Å². The van der Waals surface area contributed by atoms with E-state index >= 15 is 0 Å². The molecule has 9 heteroatoms. The van der Waals surface area contributed by atoms with E-state index < -0.39 is 29.5 Å². The average molecular weight is 531 g/mol. The molecule has 3 fully saturated rings. The largest absolute Gasteiger partial charge is 0.417 e. The van der Waals surface area contributed by atoms with Crippen LogP contribution in [0.5, 0.6) is 0 Å². The van der Waals surface area contributed by atoms with Crippen molar-refractivity contribution in [2.24, 2.45) is 5.41 Å². The number of fused-ring (bicyclic) bond motifs is 4. The monoisotopic (exact) mass is 530 g/mol. The number of hydrogen-bond donors (Lipinski definition) is 1. The van der Waals surface area contributed by atoms with Crippen LogP contribution >= 0.6 is 0 Å². The first-order chi connectivity index (χ1) is 18.3. The summed E-state index contributed by atoms with van der Waals surface area (Å²) in [6.07, 6.45) is 3.05. The van der Waals surface area contributed by atoms with Crippen molar-refractivity contribution in [2.75, 3.05) is 26.4 Å². The number of alkyl halides is 3. The molecule has 1 N–H and O–H groups in total. The van der Waals surface area contributed by atoms with Gasteiger partial charge in [0.25, 0.3) is 0 Å². The van der Waals surface area contributed by atoms with Crippen molar-refractivity contribution in [1.82, 2.24) is 9.97 Å². The van der Waals surface area contributed by atoms with Crippen molar-refractivity contribution in [2.45, 2.75) is 87.7 Å². The van der Waals surface area contributed by atoms with Crippen LogP contribution in [0.2, 0.25) is 0 Å². The first-order valence-electron chi connectivity index (χ1n) is 13.9. The number of aromatic nitrogens is 2. The summed E-state index contributed by atoms with van der Waals surface area (Å²) in [5.74, 6) is 0.162. The molecule has 2 spiro atoms. The molecule has 2 aromatic heterocycles. The molecule has 2 aromatic rings. The normalized spacial score (nSPS) is 28.2. The summed E-state index contributed by atoms with van der Waals surface area (Å²) < 4.78 is 58.3. The number of hydrogen-bond acceptors (Lipinski definition) is 6. The molecule has 2 aliphatic carbocycles. The van der Waals surface area contributed by atoms with Gasteiger partial charge in [0.15, 0.2) is 0 Å². The fraction of sp³-hybridized carbons (Fsp3) is 0.655. The lowest BCUT2D eigenvalue weighted by Crippen LogP contribution is -2.41. The summed E-state index contributed by atoms with van der Waals surface area (Å²) in [5.41, 5.74) is 3.87. The minimum Gasteiger partial charge on any atom is -0.388 e. The first kappa shape index (κ1) is 24.9. The van der Waals surface area contributed by atoms with Crippen LogP contribution in [0.1, 0.15) is 109 Å². The van der Waals surface area contributed by atoms with Gasteiger partial charge in [-0.15, -0.1) is 0 Å². The third kappa shape index (κ3) is 3.92. The van der Waals surface area contributed by atoms with Crippen LogP contribution < -0.4 is 0 Å². The lowest BCUT2D eigenvalue weighted by atomic mass is 9.58. The average Bonchev–Trinajstić information content (AvgIpc) is 3.21. The Morgan fingerprint density at radius 3 is 2.32 bits per heavy atom. The molecule has 38 heavy (non-hydrogen) atoms. The second-order valence-corrected chi connectivity index (χ2v) is 11.9. The number of aliphatic hydroxyl groups excluding tert-OH is 1. The van der Waals surface area contributed by atoms with Crippen LogP contribution in [-0.4, -0.2) is 41.5 Å². The maximum absolute atomic E-state index is 13.3. The first-order valence-corrected chi connectivity index (χ1v) is 13.9. The number of halogens is 3. The van der Waals surface area contributed by atoms with E-state index in [2.05, 4.69) is 4.98 Å². The van der Waals surface area contributed by atoms with Crippen LogP contribution in [0.4, 0.5) is 13.2 Å². The Kier molecular flexibility index (Phi) is 5.89. The molecule has 2 saturated heterocycles. The summed E-state index contributed by atoms with van der Waals surface area (Å²) in [6.45, 7) is 2.34. The molecule has 204 valence electrons. The Labute approximate surface area is 219 Å². The van der Waals surface area contributed by atoms with Gasteiger partial charge < -0.3 is 19.3 Å². The predicted octanol–water partition coefficient (Wildman–Crippen LogP) is 5.66. The molecule has 0 amide bonds. The Hall–Kier alpha value is -2.07. The highest BCUT2D eigenvalue weighted by Crippen LogP contribution is 2.60. The molecule has 3 aliphatic heterocycles. The van der Waals surface area contributed by atoms with E-state index in [0.717, 1.165) is 78.9 Å². The minimum atomic E-state index is -4.46. The number of rotatable bonds is 2. The SMILES string of the molecule is OC1CC2(CCC2)Cc2nc(C3CCOCC3)c3c(c21)C1(CCOCC1)OC3c1ccc(C(F)(F)F)cn1. The van der Waals surface area contributed by atoms with Crippen LogP contribution in [0, 0.1) is 5.41 Å². The van der Waals surface area contributed by atoms with Crippen LogP contribution in [-0.2, 0) is 32.4 Å². The van der Waals surface area contributed by atoms with Gasteiger partial charge in [0.05, 0.1) is 28.7 Å². The van der Waals surface area contributed by atoms with E-state index in [1.54, 1.807) is 0 Å². The predicted molar refractivity (Wildman–Crippen MR) is 130 cm³/mol. The van der Waals surface area contributed by atoms with Gasteiger partial charge in [0.1, 0.15) is 6.10 Å². The summed E-state index contributed by atoms with van der Waals surface area (Å²) in [6, 6.07) is 2.51. The second-order valence-electron chi connectivity index (χ2n) is 11.9. The van der Waals surface area contributed by atoms with Gasteiger partial charge in [0.2, 0.25) is 0 Å². The lowest BCUT2D eigenvalue weighted by molar-refractivity contribution is -0.138. The molecule has 0 aromatic carbocycles. The van der Waals surface area contributed by atoms with Gasteiger partial charge >= 0.3 is 6.18 Å². The zero-order valence-electron chi connectivity index (χ0n) is 21.4. The van der Waals surface area contributed by atoms with Crippen LogP contribution in [0.15, 0.2) is 18.3 Å². The standard InChI is InChI=1S/C29H33F3N2O4/c30-29(31,32)18-2-3-19(33-16-18)26-23-24(28(38-26)8-12-37-13-9-28)22-20(14-27(6-1-7-27)15-21(22)35)34-25(23)17-4-10-36-11-5-17/h2-3,16-17,21,26,35H,1,4-15H2. The van der Waals surface area contributed by atoms with Crippen molar-refractivity contribution in [3.63, 3.8) is 0 Å². The highest BCUT2D eigenvalue weighted by Gasteiger charge is 2.54. The molecule has 2 atom stereocenters. The molecule has 6 nitrogen and oxygen atoms in total. The summed E-state index contributed by atoms with van der Waals surface area (Å²) in [5, 5.41) is 11.6. The molecule has 5 heterocycles. The van der Waals surface area contributed by atoms with Gasteiger partial charge in [-0.1, -0.05) is 6.42 Å². The van der Waals surface area contributed by atoms with Crippen LogP contribution in [0.3, 0.4) is 0 Å². The second kappa shape index (κ2) is 8.98. The van der Waals surface area contributed by atoms with E-state index in [1.165, 1.54) is 12.5 Å². The molecule has 0 radical (unpaired) electrons. The van der Waals surface area contributed by atoms with Gasteiger partial charge in [0, 0.05) is 68.2 Å². The van der Waals surface area contributed by atoms with Gasteiger partial charge in [-0.25, -0.2) is 0 Å². The van der Waals surface area contributed by atoms with Crippen LogP contribution in [0.25, 0.3) is 0 Å². The highest BCUT2D eigenvalue weighted by molar-refractivity contribution is 5.54. The third-order valence-electron chi connectivity index (χ3n) is 9.65. The Bertz CT molecular complexity index is 1220. The number of nitrogens with zero attached hydrogens (tertiary/aromatic N) is 2. The van der Waals surface area contributed by atoms with Gasteiger partial charge in [-0.05, 0) is 61.6 Å². The van der Waals surface area contributed by atoms with Crippen molar-refractivity contribution < 1.29 is 32.5 Å². The fourth-order valence-electron chi connectivity index (χ4n) is 7.56. The van der Waals surface area contributed by atoms with Crippen molar-refractivity contribution >= 4 is 0 Å². The van der Waals surface area contributed by atoms with Gasteiger partial charge in [-0.2, -0.15) is 13.2 Å².